The number of halogens is 1. The number of piperazine rings is 1. The number of nitrogen functional groups attached to an aromatic ring is 1. The quantitative estimate of drug-likeness (QED) is 0.666. The predicted molar refractivity (Wildman–Crippen MR) is 120 cm³/mol. The molecular weight excluding hydrogens is 409 g/mol. The van der Waals surface area contributed by atoms with Crippen molar-refractivity contribution in [1.29, 1.82) is 0 Å². The summed E-state index contributed by atoms with van der Waals surface area (Å²) in [4.78, 5) is 31.8. The second-order valence-corrected chi connectivity index (χ2v) is 8.69. The highest BCUT2D eigenvalue weighted by Gasteiger charge is 2.35. The van der Waals surface area contributed by atoms with Gasteiger partial charge in [0.15, 0.2) is 5.82 Å². The van der Waals surface area contributed by atoms with Crippen LogP contribution < -0.4 is 5.73 Å². The van der Waals surface area contributed by atoms with Crippen molar-refractivity contribution in [2.75, 3.05) is 52.0 Å². The molecule has 2 aliphatic rings. The SMILES string of the molecule is CN1CCN(C(=O)C2CN(Cc3cc(F)cc(-c4ccc5ncnc(N)c5n4)c3)C2)CC1. The van der Waals surface area contributed by atoms with Crippen LogP contribution in [0, 0.1) is 11.7 Å². The molecule has 166 valence electrons. The monoisotopic (exact) mass is 435 g/mol. The molecule has 3 aromatic rings. The summed E-state index contributed by atoms with van der Waals surface area (Å²) in [7, 11) is 2.08. The maximum atomic E-state index is 14.4. The zero-order valence-corrected chi connectivity index (χ0v) is 18.0. The van der Waals surface area contributed by atoms with E-state index in [1.807, 2.05) is 23.1 Å². The van der Waals surface area contributed by atoms with E-state index in [-0.39, 0.29) is 17.6 Å². The first kappa shape index (κ1) is 20.7. The molecule has 2 saturated heterocycles. The van der Waals surface area contributed by atoms with E-state index in [0.29, 0.717) is 47.7 Å². The van der Waals surface area contributed by atoms with E-state index in [1.165, 1.54) is 18.5 Å². The number of nitrogens with zero attached hydrogens (tertiary/aromatic N) is 6. The summed E-state index contributed by atoms with van der Waals surface area (Å²) in [6, 6.07) is 8.56. The number of hydrogen-bond acceptors (Lipinski definition) is 7. The van der Waals surface area contributed by atoms with E-state index in [2.05, 4.69) is 31.8 Å². The first-order chi connectivity index (χ1) is 15.5. The predicted octanol–water partition coefficient (Wildman–Crippen LogP) is 1.62. The number of fused-ring (bicyclic) bond motifs is 1. The standard InChI is InChI=1S/C23H26FN7O/c1-29-4-6-31(7-5-29)23(32)17-12-30(13-17)11-15-8-16(10-18(24)9-15)19-2-3-20-21(28-19)22(25)27-14-26-20/h2-3,8-10,14,17H,4-7,11-13H2,1H3,(H2,25,26,27). The Balaban J connectivity index is 1.26. The molecule has 1 amide bonds. The van der Waals surface area contributed by atoms with Crippen LogP contribution in [0.25, 0.3) is 22.3 Å². The van der Waals surface area contributed by atoms with E-state index in [1.54, 1.807) is 0 Å². The summed E-state index contributed by atoms with van der Waals surface area (Å²) in [5.74, 6) is 0.262. The Morgan fingerprint density at radius 1 is 1.12 bits per heavy atom. The Bertz CT molecular complexity index is 1160. The van der Waals surface area contributed by atoms with Gasteiger partial charge in [0.05, 0.1) is 17.1 Å². The molecule has 2 N–H and O–H groups in total. The van der Waals surface area contributed by atoms with Crippen LogP contribution >= 0.6 is 0 Å². The molecule has 32 heavy (non-hydrogen) atoms. The van der Waals surface area contributed by atoms with Crippen LogP contribution in [-0.4, -0.2) is 81.9 Å². The summed E-state index contributed by atoms with van der Waals surface area (Å²) in [5, 5.41) is 0. The fourth-order valence-electron chi connectivity index (χ4n) is 4.41. The summed E-state index contributed by atoms with van der Waals surface area (Å²) in [5.41, 5.74) is 9.22. The van der Waals surface area contributed by atoms with Gasteiger partial charge in [0, 0.05) is 51.4 Å². The molecule has 4 heterocycles. The molecule has 9 heteroatoms. The molecule has 0 atom stereocenters. The van der Waals surface area contributed by atoms with Gasteiger partial charge in [-0.2, -0.15) is 0 Å². The van der Waals surface area contributed by atoms with Crippen molar-refractivity contribution in [2.45, 2.75) is 6.54 Å². The number of likely N-dealkylation sites (tertiary alicyclic amines) is 1. The highest BCUT2D eigenvalue weighted by Crippen LogP contribution is 2.26. The summed E-state index contributed by atoms with van der Waals surface area (Å²) in [6.07, 6.45) is 1.40. The number of hydrogen-bond donors (Lipinski definition) is 1. The minimum absolute atomic E-state index is 0.0385. The first-order valence-electron chi connectivity index (χ1n) is 10.8. The fraction of sp³-hybridized carbons (Fsp3) is 0.391. The van der Waals surface area contributed by atoms with E-state index >= 15 is 0 Å². The second kappa shape index (κ2) is 8.40. The molecule has 0 aliphatic carbocycles. The Hall–Kier alpha value is -3.17. The van der Waals surface area contributed by atoms with Crippen molar-refractivity contribution < 1.29 is 9.18 Å². The van der Waals surface area contributed by atoms with Crippen LogP contribution in [0.4, 0.5) is 10.2 Å². The third-order valence-corrected chi connectivity index (χ3v) is 6.29. The van der Waals surface area contributed by atoms with Gasteiger partial charge in [-0.3, -0.25) is 9.69 Å². The minimum atomic E-state index is -0.317. The van der Waals surface area contributed by atoms with Gasteiger partial charge in [-0.05, 0) is 42.9 Å². The van der Waals surface area contributed by atoms with Crippen LogP contribution in [-0.2, 0) is 11.3 Å². The molecule has 1 aromatic carbocycles. The average Bonchev–Trinajstić information content (AvgIpc) is 2.76. The lowest BCUT2D eigenvalue weighted by molar-refractivity contribution is -0.143. The van der Waals surface area contributed by atoms with Gasteiger partial charge in [-0.25, -0.2) is 19.3 Å². The minimum Gasteiger partial charge on any atom is -0.382 e. The lowest BCUT2D eigenvalue weighted by Gasteiger charge is -2.42. The average molecular weight is 436 g/mol. The van der Waals surface area contributed by atoms with E-state index < -0.39 is 0 Å². The largest absolute Gasteiger partial charge is 0.382 e. The zero-order valence-electron chi connectivity index (χ0n) is 18.0. The van der Waals surface area contributed by atoms with Gasteiger partial charge in [0.25, 0.3) is 0 Å². The van der Waals surface area contributed by atoms with Crippen LogP contribution in [0.1, 0.15) is 5.56 Å². The van der Waals surface area contributed by atoms with Gasteiger partial charge in [0.2, 0.25) is 5.91 Å². The zero-order chi connectivity index (χ0) is 22.2. The van der Waals surface area contributed by atoms with Crippen molar-refractivity contribution in [2.24, 2.45) is 5.92 Å². The first-order valence-corrected chi connectivity index (χ1v) is 10.8. The van der Waals surface area contributed by atoms with Crippen molar-refractivity contribution in [3.63, 3.8) is 0 Å². The van der Waals surface area contributed by atoms with Crippen LogP contribution in [0.15, 0.2) is 36.7 Å². The number of carbonyl (C=O) groups is 1. The number of amides is 1. The molecule has 2 aromatic heterocycles. The number of nitrogens with two attached hydrogens (primary N) is 1. The Kier molecular flexibility index (Phi) is 5.44. The normalized spacial score (nSPS) is 18.1. The number of likely N-dealkylation sites (N-methyl/N-ethyl adjacent to an activating group) is 1. The van der Waals surface area contributed by atoms with E-state index in [4.69, 9.17) is 5.73 Å². The van der Waals surface area contributed by atoms with Gasteiger partial charge >= 0.3 is 0 Å². The van der Waals surface area contributed by atoms with Gasteiger partial charge < -0.3 is 15.5 Å². The van der Waals surface area contributed by atoms with E-state index in [9.17, 15) is 9.18 Å². The second-order valence-electron chi connectivity index (χ2n) is 8.69. The number of aromatic nitrogens is 3. The fourth-order valence-corrected chi connectivity index (χ4v) is 4.41. The molecule has 2 fully saturated rings. The molecule has 0 spiro atoms. The Morgan fingerprint density at radius 2 is 1.91 bits per heavy atom. The lowest BCUT2D eigenvalue weighted by atomic mass is 9.96. The molecule has 8 nitrogen and oxygen atoms in total. The van der Waals surface area contributed by atoms with Crippen LogP contribution in [0.3, 0.4) is 0 Å². The smallest absolute Gasteiger partial charge is 0.228 e. The van der Waals surface area contributed by atoms with Crippen molar-refractivity contribution in [3.8, 4) is 11.3 Å². The molecule has 2 aliphatic heterocycles. The number of pyridine rings is 1. The number of rotatable bonds is 4. The lowest BCUT2D eigenvalue weighted by Crippen LogP contribution is -2.57. The maximum absolute atomic E-state index is 14.4. The van der Waals surface area contributed by atoms with Gasteiger partial charge in [-0.15, -0.1) is 0 Å². The molecule has 0 saturated carbocycles. The Morgan fingerprint density at radius 3 is 2.69 bits per heavy atom. The highest BCUT2D eigenvalue weighted by molar-refractivity contribution is 5.85. The summed E-state index contributed by atoms with van der Waals surface area (Å²) >= 11 is 0. The molecule has 0 unspecified atom stereocenters. The number of anilines is 1. The molecular formula is C23H26FN7O. The molecule has 0 bridgehead atoms. The van der Waals surface area contributed by atoms with Crippen molar-refractivity contribution in [1.82, 2.24) is 29.7 Å². The molecule has 0 radical (unpaired) electrons. The van der Waals surface area contributed by atoms with Crippen LogP contribution in [0.2, 0.25) is 0 Å². The maximum Gasteiger partial charge on any atom is 0.228 e. The van der Waals surface area contributed by atoms with Crippen molar-refractivity contribution >= 4 is 22.8 Å². The van der Waals surface area contributed by atoms with Gasteiger partial charge in [0.1, 0.15) is 17.7 Å². The summed E-state index contributed by atoms with van der Waals surface area (Å²) in [6.45, 7) is 5.46. The highest BCUT2D eigenvalue weighted by atomic mass is 19.1. The van der Waals surface area contributed by atoms with Crippen molar-refractivity contribution in [3.05, 3.63) is 48.0 Å². The molecule has 5 rings (SSSR count). The van der Waals surface area contributed by atoms with Crippen LogP contribution in [0.5, 0.6) is 0 Å². The summed E-state index contributed by atoms with van der Waals surface area (Å²) < 4.78 is 14.4. The topological polar surface area (TPSA) is 91.5 Å². The third-order valence-electron chi connectivity index (χ3n) is 6.29. The van der Waals surface area contributed by atoms with E-state index in [0.717, 1.165) is 31.7 Å². The number of carbonyl (C=O) groups excluding carboxylic acids is 1. The third kappa shape index (κ3) is 4.13. The van der Waals surface area contributed by atoms with Gasteiger partial charge in [-0.1, -0.05) is 0 Å². The Labute approximate surface area is 185 Å². The number of benzene rings is 1.